The fraction of sp³-hybridized carbons (Fsp3) is 0.300. The summed E-state index contributed by atoms with van der Waals surface area (Å²) in [5.74, 6) is 0. The number of hydrogen-bond donors (Lipinski definition) is 0. The minimum Gasteiger partial charge on any atom is -0.382 e. The quantitative estimate of drug-likeness (QED) is 0.631. The van der Waals surface area contributed by atoms with E-state index in [2.05, 4.69) is 6.92 Å². The first-order valence-electron chi connectivity index (χ1n) is 3.78. The van der Waals surface area contributed by atoms with Gasteiger partial charge in [-0.25, -0.2) is 0 Å². The highest BCUT2D eigenvalue weighted by Crippen LogP contribution is 1.79. The van der Waals surface area contributed by atoms with Crippen molar-refractivity contribution >= 4 is 0 Å². The summed E-state index contributed by atoms with van der Waals surface area (Å²) in [5, 5.41) is 0. The predicted octanol–water partition coefficient (Wildman–Crippen LogP) is 2.54. The molecule has 0 aliphatic heterocycles. The summed E-state index contributed by atoms with van der Waals surface area (Å²) in [6, 6.07) is 12.0. The fourth-order valence-corrected chi connectivity index (χ4v) is 0.529. The molecule has 0 heterocycles. The van der Waals surface area contributed by atoms with Crippen molar-refractivity contribution in [1.82, 2.24) is 0 Å². The van der Waals surface area contributed by atoms with Crippen LogP contribution >= 0.6 is 0 Å². The lowest BCUT2D eigenvalue weighted by atomic mass is 10.4. The molecule has 0 saturated carbocycles. The highest BCUT2D eigenvalue weighted by molar-refractivity contribution is 4.99. The number of hydrogen-bond acceptors (Lipinski definition) is 1. The van der Waals surface area contributed by atoms with E-state index in [-0.39, 0.29) is 0 Å². The van der Waals surface area contributed by atoms with Crippen LogP contribution in [0.1, 0.15) is 6.92 Å². The fourth-order valence-electron chi connectivity index (χ4n) is 0.529. The summed E-state index contributed by atoms with van der Waals surface area (Å²) < 4.78 is 4.72. The minimum atomic E-state index is 0.594. The number of ether oxygens (including phenoxy) is 1. The van der Waals surface area contributed by atoms with Crippen LogP contribution in [0.5, 0.6) is 0 Å². The molecule has 1 radical (unpaired) electrons. The van der Waals surface area contributed by atoms with E-state index >= 15 is 0 Å². The van der Waals surface area contributed by atoms with Gasteiger partial charge in [-0.15, -0.1) is 0 Å². The van der Waals surface area contributed by atoms with Crippen molar-refractivity contribution in [2.24, 2.45) is 0 Å². The van der Waals surface area contributed by atoms with Crippen LogP contribution in [0.4, 0.5) is 0 Å². The maximum Gasteiger partial charge on any atom is 0.0466 e. The number of rotatable bonds is 2. The molecule has 1 aromatic carbocycles. The Morgan fingerprint density at radius 3 is 1.45 bits per heavy atom. The summed E-state index contributed by atoms with van der Waals surface area (Å²) in [5.41, 5.74) is 0. The maximum absolute atomic E-state index is 4.72. The molecule has 0 amide bonds. The van der Waals surface area contributed by atoms with E-state index in [9.17, 15) is 0 Å². The molecule has 0 saturated heterocycles. The highest BCUT2D eigenvalue weighted by atomic mass is 16.5. The van der Waals surface area contributed by atoms with Crippen LogP contribution in [0.15, 0.2) is 36.4 Å². The second kappa shape index (κ2) is 9.18. The molecule has 0 aromatic heterocycles. The first kappa shape index (κ1) is 10.2. The molecule has 11 heavy (non-hydrogen) atoms. The topological polar surface area (TPSA) is 9.23 Å². The van der Waals surface area contributed by atoms with Gasteiger partial charge in [0.2, 0.25) is 0 Å². The predicted molar refractivity (Wildman–Crippen MR) is 48.3 cm³/mol. The van der Waals surface area contributed by atoms with Gasteiger partial charge in [0.15, 0.2) is 0 Å². The summed E-state index contributed by atoms with van der Waals surface area (Å²) in [6.45, 7) is 6.78. The van der Waals surface area contributed by atoms with Crippen molar-refractivity contribution in [1.29, 1.82) is 0 Å². The van der Waals surface area contributed by atoms with Crippen LogP contribution in [0, 0.1) is 6.92 Å². The lowest BCUT2D eigenvalue weighted by molar-refractivity contribution is 0.176. The van der Waals surface area contributed by atoms with E-state index in [0.717, 1.165) is 6.61 Å². The van der Waals surface area contributed by atoms with E-state index in [1.807, 2.05) is 43.3 Å². The van der Waals surface area contributed by atoms with Gasteiger partial charge in [0, 0.05) is 13.2 Å². The molecule has 0 aliphatic rings. The van der Waals surface area contributed by atoms with E-state index in [4.69, 9.17) is 4.74 Å². The van der Waals surface area contributed by atoms with Gasteiger partial charge in [0.25, 0.3) is 0 Å². The van der Waals surface area contributed by atoms with E-state index in [1.165, 1.54) is 0 Å². The van der Waals surface area contributed by atoms with Crippen molar-refractivity contribution in [3.05, 3.63) is 43.3 Å². The zero-order chi connectivity index (χ0) is 8.36. The molecule has 0 fully saturated rings. The Morgan fingerprint density at radius 1 is 1.00 bits per heavy atom. The molecule has 0 aliphatic carbocycles. The molecular formula is C10H15O. The van der Waals surface area contributed by atoms with Crippen molar-refractivity contribution in [2.75, 3.05) is 13.2 Å². The SMILES string of the molecule is [CH2]COCC.c1ccccc1. The molecule has 1 aromatic rings. The van der Waals surface area contributed by atoms with Crippen LogP contribution in [0.2, 0.25) is 0 Å². The average Bonchev–Trinajstić information content (AvgIpc) is 2.10. The molecule has 0 atom stereocenters. The zero-order valence-corrected chi connectivity index (χ0v) is 6.99. The molecular weight excluding hydrogens is 136 g/mol. The monoisotopic (exact) mass is 151 g/mol. The Morgan fingerprint density at radius 2 is 1.36 bits per heavy atom. The summed E-state index contributed by atoms with van der Waals surface area (Å²) in [7, 11) is 0. The molecule has 1 rings (SSSR count). The van der Waals surface area contributed by atoms with Crippen LogP contribution in [0.25, 0.3) is 0 Å². The van der Waals surface area contributed by atoms with Crippen LogP contribution in [0.3, 0.4) is 0 Å². The molecule has 1 heteroatoms. The van der Waals surface area contributed by atoms with Crippen molar-refractivity contribution in [3.63, 3.8) is 0 Å². The van der Waals surface area contributed by atoms with E-state index in [0.29, 0.717) is 6.61 Å². The first-order valence-corrected chi connectivity index (χ1v) is 3.78. The van der Waals surface area contributed by atoms with Crippen molar-refractivity contribution in [2.45, 2.75) is 6.92 Å². The van der Waals surface area contributed by atoms with Crippen molar-refractivity contribution in [3.8, 4) is 0 Å². The third-order valence-electron chi connectivity index (χ3n) is 1.02. The largest absolute Gasteiger partial charge is 0.382 e. The second-order valence-electron chi connectivity index (χ2n) is 1.85. The second-order valence-corrected chi connectivity index (χ2v) is 1.85. The van der Waals surface area contributed by atoms with Crippen LogP contribution in [-0.2, 0) is 4.74 Å². The Kier molecular flexibility index (Phi) is 8.50. The summed E-state index contributed by atoms with van der Waals surface area (Å²) >= 11 is 0. The van der Waals surface area contributed by atoms with Gasteiger partial charge >= 0.3 is 0 Å². The lowest BCUT2D eigenvalue weighted by Gasteiger charge is -1.86. The maximum atomic E-state index is 4.72. The molecule has 1 nitrogen and oxygen atoms in total. The summed E-state index contributed by atoms with van der Waals surface area (Å²) in [6.07, 6.45) is 0. The average molecular weight is 151 g/mol. The normalized spacial score (nSPS) is 8.18. The Balaban J connectivity index is 0.000000187. The third-order valence-corrected chi connectivity index (χ3v) is 1.02. The van der Waals surface area contributed by atoms with Gasteiger partial charge < -0.3 is 4.74 Å². The van der Waals surface area contributed by atoms with Gasteiger partial charge in [-0.2, -0.15) is 0 Å². The van der Waals surface area contributed by atoms with Crippen molar-refractivity contribution < 1.29 is 4.74 Å². The van der Waals surface area contributed by atoms with Crippen LogP contribution < -0.4 is 0 Å². The van der Waals surface area contributed by atoms with Gasteiger partial charge in [-0.3, -0.25) is 0 Å². The Bertz CT molecular complexity index is 108. The Hall–Kier alpha value is -0.820. The standard InChI is InChI=1S/C6H6.C4H9O/c1-2-4-6-5-3-1;1-3-5-4-2/h1-6H;1,3-4H2,2H3. The lowest BCUT2D eigenvalue weighted by Crippen LogP contribution is -1.84. The first-order chi connectivity index (χ1) is 5.41. The van der Waals surface area contributed by atoms with Gasteiger partial charge in [-0.05, 0) is 13.8 Å². The minimum absolute atomic E-state index is 0.594. The van der Waals surface area contributed by atoms with Gasteiger partial charge in [0.1, 0.15) is 0 Å². The third kappa shape index (κ3) is 9.18. The van der Waals surface area contributed by atoms with E-state index < -0.39 is 0 Å². The molecule has 61 valence electrons. The molecule has 0 N–H and O–H groups in total. The highest BCUT2D eigenvalue weighted by Gasteiger charge is 1.64. The Labute approximate surface area is 69.0 Å². The van der Waals surface area contributed by atoms with Gasteiger partial charge in [0.05, 0.1) is 0 Å². The molecule has 0 unspecified atom stereocenters. The molecule has 0 bridgehead atoms. The van der Waals surface area contributed by atoms with Crippen LogP contribution in [-0.4, -0.2) is 13.2 Å². The molecule has 0 spiro atoms. The van der Waals surface area contributed by atoms with E-state index in [1.54, 1.807) is 0 Å². The van der Waals surface area contributed by atoms with Gasteiger partial charge in [-0.1, -0.05) is 36.4 Å². The smallest absolute Gasteiger partial charge is 0.0466 e. The summed E-state index contributed by atoms with van der Waals surface area (Å²) in [4.78, 5) is 0. The number of benzene rings is 1. The zero-order valence-electron chi connectivity index (χ0n) is 6.99.